The summed E-state index contributed by atoms with van der Waals surface area (Å²) in [7, 11) is 0. The number of rotatable bonds is 44. The van der Waals surface area contributed by atoms with Crippen molar-refractivity contribution in [2.45, 2.75) is 278 Å². The van der Waals surface area contributed by atoms with E-state index in [0.717, 1.165) is 37.9 Å². The normalized spacial score (nSPS) is 11.0. The Bertz CT molecular complexity index is 650. The molecule has 0 amide bonds. The lowest BCUT2D eigenvalue weighted by molar-refractivity contribution is -0.122. The molecule has 0 aliphatic carbocycles. The number of aliphatic hydroxyl groups is 1. The van der Waals surface area contributed by atoms with Crippen molar-refractivity contribution in [3.05, 3.63) is 0 Å². The van der Waals surface area contributed by atoms with E-state index in [1.165, 1.54) is 244 Å². The summed E-state index contributed by atoms with van der Waals surface area (Å²) in [4.78, 5) is 21.0. The lowest BCUT2D eigenvalue weighted by atomic mass is 9.90. The van der Waals surface area contributed by atoms with E-state index in [4.69, 9.17) is 9.90 Å². The molecule has 0 aliphatic heterocycles. The van der Waals surface area contributed by atoms with Crippen molar-refractivity contribution in [1.82, 2.24) is 4.90 Å². The fourth-order valence-electron chi connectivity index (χ4n) is 7.77. The van der Waals surface area contributed by atoms with Crippen LogP contribution in [0.2, 0.25) is 0 Å². The molecule has 0 saturated heterocycles. The molecule has 5 nitrogen and oxygen atoms in total. The average molecular weight is 782 g/mol. The fourth-order valence-corrected chi connectivity index (χ4v) is 7.77. The first-order valence-corrected chi connectivity index (χ1v) is 25.0. The first-order chi connectivity index (χ1) is 27.1. The second kappa shape index (κ2) is 57.4. The monoisotopic (exact) mass is 782 g/mol. The maximum absolute atomic E-state index is 9.89. The van der Waals surface area contributed by atoms with Gasteiger partial charge in [-0.3, -0.25) is 4.79 Å². The van der Waals surface area contributed by atoms with Crippen LogP contribution in [-0.2, 0) is 9.59 Å². The van der Waals surface area contributed by atoms with E-state index in [9.17, 15) is 9.90 Å². The van der Waals surface area contributed by atoms with E-state index in [1.54, 1.807) is 0 Å². The number of aldehydes is 1. The predicted octanol–water partition coefficient (Wildman–Crippen LogP) is 16.1. The molecular formula is C50H103NO4. The minimum absolute atomic E-state index is 0.250. The van der Waals surface area contributed by atoms with Crippen LogP contribution in [0.15, 0.2) is 0 Å². The van der Waals surface area contributed by atoms with Crippen molar-refractivity contribution in [3.8, 4) is 0 Å². The number of hydrogen-bond donors (Lipinski definition) is 2. The third-order valence-electron chi connectivity index (χ3n) is 11.4. The van der Waals surface area contributed by atoms with Crippen molar-refractivity contribution in [1.29, 1.82) is 0 Å². The van der Waals surface area contributed by atoms with Gasteiger partial charge in [-0.05, 0) is 57.7 Å². The Morgan fingerprint density at radius 3 is 0.964 bits per heavy atom. The van der Waals surface area contributed by atoms with Crippen LogP contribution in [0.4, 0.5) is 0 Å². The number of nitrogens with zero attached hydrogens (tertiary/aromatic N) is 1. The molecule has 0 bridgehead atoms. The number of carboxylic acid groups (broad SMARTS) is 1. The maximum Gasteiger partial charge on any atom is 0.290 e. The van der Waals surface area contributed by atoms with Crippen molar-refractivity contribution < 1.29 is 19.8 Å². The lowest BCUT2D eigenvalue weighted by Crippen LogP contribution is -2.27. The van der Waals surface area contributed by atoms with Crippen LogP contribution < -0.4 is 0 Å². The Morgan fingerprint density at radius 2 is 0.636 bits per heavy atom. The summed E-state index contributed by atoms with van der Waals surface area (Å²) in [6.45, 7) is 13.0. The molecule has 0 heterocycles. The molecule has 0 aromatic rings. The molecule has 0 radical (unpaired) electrons. The molecule has 5 heteroatoms. The highest BCUT2D eigenvalue weighted by Crippen LogP contribution is 2.24. The Kier molecular flexibility index (Phi) is 60.9. The van der Waals surface area contributed by atoms with Gasteiger partial charge in [-0.1, -0.05) is 240 Å². The summed E-state index contributed by atoms with van der Waals surface area (Å²) in [5, 5.41) is 16.1. The number of carbonyl (C=O) groups excluding carboxylic acids is 1. The molecular weight excluding hydrogens is 679 g/mol. The lowest BCUT2D eigenvalue weighted by Gasteiger charge is -2.22. The van der Waals surface area contributed by atoms with Crippen LogP contribution in [0, 0.1) is 5.92 Å². The summed E-state index contributed by atoms with van der Waals surface area (Å²) < 4.78 is 0. The van der Waals surface area contributed by atoms with E-state index in [-0.39, 0.29) is 6.47 Å². The quantitative estimate of drug-likeness (QED) is 0.0475. The van der Waals surface area contributed by atoms with Crippen molar-refractivity contribution in [3.63, 3.8) is 0 Å². The van der Waals surface area contributed by atoms with Crippen molar-refractivity contribution in [2.24, 2.45) is 5.92 Å². The summed E-state index contributed by atoms with van der Waals surface area (Å²) in [6, 6.07) is 0. The standard InChI is InChI=1S/C40H83NO.C9H18O.CH2O2/c1-4-7-10-11-12-13-14-15-16-17-18-21-24-29-36-41(38-31-32-39-42)37-30-25-22-19-20-23-28-35-40(33-26-8-5-2)34-27-9-6-3;1-2-3-4-5-6-7-8-9-10;2-1-3/h40,42H,4-39H2,1-3H3;9H,2-8H2,1H3;1H,(H,2,3). The van der Waals surface area contributed by atoms with Crippen LogP contribution in [0.5, 0.6) is 0 Å². The van der Waals surface area contributed by atoms with E-state index in [0.29, 0.717) is 6.61 Å². The van der Waals surface area contributed by atoms with Gasteiger partial charge >= 0.3 is 0 Å². The van der Waals surface area contributed by atoms with Crippen molar-refractivity contribution in [2.75, 3.05) is 26.2 Å². The van der Waals surface area contributed by atoms with Crippen LogP contribution in [0.3, 0.4) is 0 Å². The molecule has 0 atom stereocenters. The summed E-state index contributed by atoms with van der Waals surface area (Å²) in [6.07, 6.45) is 54.7. The van der Waals surface area contributed by atoms with Gasteiger partial charge in [0.15, 0.2) is 0 Å². The summed E-state index contributed by atoms with van der Waals surface area (Å²) >= 11 is 0. The number of hydrogen-bond acceptors (Lipinski definition) is 4. The van der Waals surface area contributed by atoms with Crippen LogP contribution in [-0.4, -0.2) is 54.1 Å². The largest absolute Gasteiger partial charge is 0.483 e. The first-order valence-electron chi connectivity index (χ1n) is 25.0. The van der Waals surface area contributed by atoms with Crippen molar-refractivity contribution >= 4 is 12.8 Å². The molecule has 0 fully saturated rings. The fraction of sp³-hybridized carbons (Fsp3) is 0.960. The highest BCUT2D eigenvalue weighted by molar-refractivity contribution is 5.48. The molecule has 0 saturated carbocycles. The first kappa shape index (κ1) is 58.4. The van der Waals surface area contributed by atoms with Gasteiger partial charge in [0, 0.05) is 13.0 Å². The molecule has 0 spiro atoms. The highest BCUT2D eigenvalue weighted by atomic mass is 16.3. The molecule has 2 N–H and O–H groups in total. The van der Waals surface area contributed by atoms with Gasteiger partial charge in [0.25, 0.3) is 6.47 Å². The molecule has 0 unspecified atom stereocenters. The van der Waals surface area contributed by atoms with Gasteiger partial charge in [-0.2, -0.15) is 0 Å². The Balaban J connectivity index is -0.00000176. The van der Waals surface area contributed by atoms with Gasteiger partial charge in [0.05, 0.1) is 0 Å². The second-order valence-corrected chi connectivity index (χ2v) is 16.8. The predicted molar refractivity (Wildman–Crippen MR) is 245 cm³/mol. The topological polar surface area (TPSA) is 77.8 Å². The molecule has 0 aliphatic rings. The van der Waals surface area contributed by atoms with Gasteiger partial charge in [0.2, 0.25) is 0 Å². The zero-order valence-electron chi connectivity index (χ0n) is 38.3. The number of unbranched alkanes of at least 4 members (excludes halogenated alkanes) is 30. The summed E-state index contributed by atoms with van der Waals surface area (Å²) in [5.41, 5.74) is 0. The molecule has 0 aromatic carbocycles. The van der Waals surface area contributed by atoms with E-state index < -0.39 is 0 Å². The molecule has 332 valence electrons. The second-order valence-electron chi connectivity index (χ2n) is 16.8. The number of carbonyl (C=O) groups is 2. The molecule has 0 rings (SSSR count). The van der Waals surface area contributed by atoms with E-state index in [2.05, 4.69) is 32.6 Å². The highest BCUT2D eigenvalue weighted by Gasteiger charge is 2.09. The van der Waals surface area contributed by atoms with Gasteiger partial charge in [-0.15, -0.1) is 0 Å². The SMILES string of the molecule is CCCCCCCCC=O.CCCCCCCCCCCCCCCCN(CCCCO)CCCCCCCCCC(CCCCC)CCCCC.O=CO. The smallest absolute Gasteiger partial charge is 0.290 e. The Labute approximate surface area is 346 Å². The van der Waals surface area contributed by atoms with Crippen LogP contribution >= 0.6 is 0 Å². The van der Waals surface area contributed by atoms with Gasteiger partial charge in [-0.25, -0.2) is 0 Å². The van der Waals surface area contributed by atoms with Gasteiger partial charge < -0.3 is 19.9 Å². The Hall–Kier alpha value is -0.940. The minimum Gasteiger partial charge on any atom is -0.483 e. The van der Waals surface area contributed by atoms with Crippen LogP contribution in [0.25, 0.3) is 0 Å². The third-order valence-corrected chi connectivity index (χ3v) is 11.4. The van der Waals surface area contributed by atoms with Crippen LogP contribution in [0.1, 0.15) is 278 Å². The molecule has 0 aromatic heterocycles. The average Bonchev–Trinajstić information content (AvgIpc) is 3.19. The van der Waals surface area contributed by atoms with Gasteiger partial charge in [0.1, 0.15) is 6.29 Å². The zero-order chi connectivity index (χ0) is 41.0. The Morgan fingerprint density at radius 1 is 0.382 bits per heavy atom. The van der Waals surface area contributed by atoms with E-state index in [1.807, 2.05) is 0 Å². The molecule has 55 heavy (non-hydrogen) atoms. The minimum atomic E-state index is -0.250. The third kappa shape index (κ3) is 57.5. The zero-order valence-corrected chi connectivity index (χ0v) is 38.3. The van der Waals surface area contributed by atoms with E-state index >= 15 is 0 Å². The number of aliphatic hydroxyl groups excluding tert-OH is 1. The maximum atomic E-state index is 9.89. The summed E-state index contributed by atoms with van der Waals surface area (Å²) in [5.74, 6) is 1.01.